The molecule has 5 heteroatoms. The van der Waals surface area contributed by atoms with Crippen LogP contribution in [0.4, 0.5) is 5.95 Å². The standard InChI is InChI=1S/C11H15BrN4/c12-9-7-13-11(14-8-9)16-6-5-15-3-1-10(16)2-4-15/h7-8,10H,1-6H2. The molecule has 4 rings (SSSR count). The molecule has 0 spiro atoms. The van der Waals surface area contributed by atoms with Crippen LogP contribution in [0.3, 0.4) is 0 Å². The lowest BCUT2D eigenvalue weighted by Crippen LogP contribution is -2.38. The van der Waals surface area contributed by atoms with Crippen LogP contribution in [-0.4, -0.2) is 47.1 Å². The Balaban J connectivity index is 1.85. The minimum absolute atomic E-state index is 0.639. The maximum atomic E-state index is 4.41. The van der Waals surface area contributed by atoms with E-state index in [0.29, 0.717) is 6.04 Å². The van der Waals surface area contributed by atoms with Gasteiger partial charge in [0.15, 0.2) is 0 Å². The average Bonchev–Trinajstić information content (AvgIpc) is 2.64. The van der Waals surface area contributed by atoms with Gasteiger partial charge in [0.2, 0.25) is 5.95 Å². The van der Waals surface area contributed by atoms with Gasteiger partial charge in [-0.25, -0.2) is 9.97 Å². The summed E-state index contributed by atoms with van der Waals surface area (Å²) in [6.45, 7) is 4.68. The number of anilines is 1. The van der Waals surface area contributed by atoms with E-state index in [0.717, 1.165) is 23.5 Å². The van der Waals surface area contributed by atoms with E-state index in [-0.39, 0.29) is 0 Å². The van der Waals surface area contributed by atoms with Crippen molar-refractivity contribution in [1.29, 1.82) is 0 Å². The second kappa shape index (κ2) is 4.30. The Bertz CT molecular complexity index is 359. The van der Waals surface area contributed by atoms with Gasteiger partial charge in [0.05, 0.1) is 4.47 Å². The van der Waals surface area contributed by atoms with Crippen LogP contribution >= 0.6 is 15.9 Å². The van der Waals surface area contributed by atoms with Crippen molar-refractivity contribution in [3.63, 3.8) is 0 Å². The number of rotatable bonds is 1. The normalized spacial score (nSPS) is 29.2. The third-order valence-electron chi connectivity index (χ3n) is 3.52. The van der Waals surface area contributed by atoms with Gasteiger partial charge in [-0.2, -0.15) is 0 Å². The highest BCUT2D eigenvalue weighted by atomic mass is 79.9. The van der Waals surface area contributed by atoms with Crippen molar-refractivity contribution in [1.82, 2.24) is 14.9 Å². The highest BCUT2D eigenvalue weighted by Crippen LogP contribution is 2.24. The lowest BCUT2D eigenvalue weighted by Gasteiger charge is -2.31. The Morgan fingerprint density at radius 1 is 1.06 bits per heavy atom. The topological polar surface area (TPSA) is 32.3 Å². The van der Waals surface area contributed by atoms with Crippen molar-refractivity contribution in [3.8, 4) is 0 Å². The highest BCUT2D eigenvalue weighted by Gasteiger charge is 2.30. The van der Waals surface area contributed by atoms with Crippen LogP contribution in [0.25, 0.3) is 0 Å². The molecule has 0 aromatic carbocycles. The molecule has 3 aliphatic rings. The molecular formula is C11H15BrN4. The van der Waals surface area contributed by atoms with Crippen LogP contribution < -0.4 is 4.90 Å². The van der Waals surface area contributed by atoms with Crippen LogP contribution in [0.1, 0.15) is 12.8 Å². The minimum atomic E-state index is 0.639. The van der Waals surface area contributed by atoms with Crippen LogP contribution in [0, 0.1) is 0 Å². The van der Waals surface area contributed by atoms with Crippen molar-refractivity contribution < 1.29 is 0 Å². The molecule has 0 N–H and O–H groups in total. The summed E-state index contributed by atoms with van der Waals surface area (Å²) in [4.78, 5) is 13.7. The van der Waals surface area contributed by atoms with E-state index in [1.807, 2.05) is 12.4 Å². The monoisotopic (exact) mass is 282 g/mol. The van der Waals surface area contributed by atoms with Crippen molar-refractivity contribution in [2.24, 2.45) is 0 Å². The van der Waals surface area contributed by atoms with Gasteiger partial charge in [0.25, 0.3) is 0 Å². The summed E-state index contributed by atoms with van der Waals surface area (Å²) in [5.41, 5.74) is 0. The number of piperidine rings is 1. The molecule has 0 radical (unpaired) electrons. The molecule has 3 saturated heterocycles. The van der Waals surface area contributed by atoms with Gasteiger partial charge < -0.3 is 9.80 Å². The first-order valence-electron chi connectivity index (χ1n) is 5.79. The molecule has 4 nitrogen and oxygen atoms in total. The Morgan fingerprint density at radius 2 is 1.75 bits per heavy atom. The molecule has 16 heavy (non-hydrogen) atoms. The maximum absolute atomic E-state index is 4.41. The molecule has 3 fully saturated rings. The number of nitrogens with zero attached hydrogens (tertiary/aromatic N) is 4. The van der Waals surface area contributed by atoms with E-state index in [2.05, 4.69) is 35.7 Å². The Hall–Kier alpha value is -0.680. The van der Waals surface area contributed by atoms with Crippen LogP contribution in [0.15, 0.2) is 16.9 Å². The first-order valence-corrected chi connectivity index (χ1v) is 6.59. The fourth-order valence-corrected chi connectivity index (χ4v) is 2.81. The van der Waals surface area contributed by atoms with E-state index in [4.69, 9.17) is 0 Å². The summed E-state index contributed by atoms with van der Waals surface area (Å²) in [5, 5.41) is 0. The smallest absolute Gasteiger partial charge is 0.225 e. The van der Waals surface area contributed by atoms with Gasteiger partial charge in [-0.05, 0) is 28.8 Å². The summed E-state index contributed by atoms with van der Waals surface area (Å²) in [6, 6.07) is 0.639. The molecule has 0 atom stereocenters. The number of aromatic nitrogens is 2. The molecule has 0 amide bonds. The second-order valence-electron chi connectivity index (χ2n) is 4.47. The lowest BCUT2D eigenvalue weighted by molar-refractivity contribution is 0.250. The van der Waals surface area contributed by atoms with E-state index in [9.17, 15) is 0 Å². The zero-order valence-corrected chi connectivity index (χ0v) is 10.7. The van der Waals surface area contributed by atoms with Gasteiger partial charge >= 0.3 is 0 Å². The van der Waals surface area contributed by atoms with Gasteiger partial charge in [-0.15, -0.1) is 0 Å². The van der Waals surface area contributed by atoms with Crippen LogP contribution in [0.5, 0.6) is 0 Å². The summed E-state index contributed by atoms with van der Waals surface area (Å²) >= 11 is 3.37. The molecule has 4 heterocycles. The molecule has 1 aromatic rings. The van der Waals surface area contributed by atoms with Gasteiger partial charge in [0, 0.05) is 44.6 Å². The summed E-state index contributed by atoms with van der Waals surface area (Å²) < 4.78 is 0.944. The van der Waals surface area contributed by atoms with Crippen LogP contribution in [0.2, 0.25) is 0 Å². The first-order chi connectivity index (χ1) is 7.83. The molecular weight excluding hydrogens is 268 g/mol. The van der Waals surface area contributed by atoms with Gasteiger partial charge in [-0.3, -0.25) is 0 Å². The Labute approximate surface area is 104 Å². The number of hydrogen-bond donors (Lipinski definition) is 0. The zero-order chi connectivity index (χ0) is 11.0. The SMILES string of the molecule is Brc1cnc(N2CCN3CCC2CC3)nc1. The molecule has 1 aromatic heterocycles. The Morgan fingerprint density at radius 3 is 2.44 bits per heavy atom. The fraction of sp³-hybridized carbons (Fsp3) is 0.636. The molecule has 0 aliphatic carbocycles. The first kappa shape index (κ1) is 10.5. The summed E-state index contributed by atoms with van der Waals surface area (Å²) in [6.07, 6.45) is 6.17. The molecule has 86 valence electrons. The van der Waals surface area contributed by atoms with Gasteiger partial charge in [0.1, 0.15) is 0 Å². The third-order valence-corrected chi connectivity index (χ3v) is 3.93. The van der Waals surface area contributed by atoms with Gasteiger partial charge in [-0.1, -0.05) is 0 Å². The van der Waals surface area contributed by atoms with Crippen LogP contribution in [-0.2, 0) is 0 Å². The lowest BCUT2D eigenvalue weighted by atomic mass is 10.1. The third kappa shape index (κ3) is 1.94. The summed E-state index contributed by atoms with van der Waals surface area (Å²) in [7, 11) is 0. The van der Waals surface area contributed by atoms with E-state index in [1.54, 1.807) is 0 Å². The number of hydrogen-bond acceptors (Lipinski definition) is 4. The quantitative estimate of drug-likeness (QED) is 0.782. The van der Waals surface area contributed by atoms with Crippen molar-refractivity contribution in [2.75, 3.05) is 31.1 Å². The van der Waals surface area contributed by atoms with Crippen molar-refractivity contribution >= 4 is 21.9 Å². The molecule has 0 saturated carbocycles. The largest absolute Gasteiger partial charge is 0.336 e. The number of halogens is 1. The second-order valence-corrected chi connectivity index (χ2v) is 5.38. The van der Waals surface area contributed by atoms with E-state index >= 15 is 0 Å². The predicted molar refractivity (Wildman–Crippen MR) is 66.5 cm³/mol. The molecule has 0 unspecified atom stereocenters. The van der Waals surface area contributed by atoms with E-state index in [1.165, 1.54) is 25.9 Å². The highest BCUT2D eigenvalue weighted by molar-refractivity contribution is 9.10. The molecule has 2 bridgehead atoms. The van der Waals surface area contributed by atoms with Crippen molar-refractivity contribution in [2.45, 2.75) is 18.9 Å². The fourth-order valence-electron chi connectivity index (χ4n) is 2.60. The summed E-state index contributed by atoms with van der Waals surface area (Å²) in [5.74, 6) is 0.886. The average molecular weight is 283 g/mol. The zero-order valence-electron chi connectivity index (χ0n) is 9.14. The Kier molecular flexibility index (Phi) is 2.81. The van der Waals surface area contributed by atoms with Crippen molar-refractivity contribution in [3.05, 3.63) is 16.9 Å². The number of fused-ring (bicyclic) bond motifs is 4. The maximum Gasteiger partial charge on any atom is 0.225 e. The van der Waals surface area contributed by atoms with E-state index < -0.39 is 0 Å². The molecule has 3 aliphatic heterocycles. The predicted octanol–water partition coefficient (Wildman–Crippen LogP) is 1.52. The minimum Gasteiger partial charge on any atom is -0.336 e.